The van der Waals surface area contributed by atoms with Gasteiger partial charge in [0.05, 0.1) is 18.8 Å². The van der Waals surface area contributed by atoms with Crippen molar-refractivity contribution in [3.05, 3.63) is 40.6 Å². The van der Waals surface area contributed by atoms with Gasteiger partial charge in [-0.1, -0.05) is 11.6 Å². The Hall–Kier alpha value is -1.60. The Balaban J connectivity index is 2.47. The van der Waals surface area contributed by atoms with Crippen LogP contribution in [0.1, 0.15) is 5.56 Å². The van der Waals surface area contributed by atoms with Gasteiger partial charge in [-0.25, -0.2) is 8.78 Å². The first kappa shape index (κ1) is 15.8. The number of phenols is 1. The van der Waals surface area contributed by atoms with E-state index in [-0.39, 0.29) is 35.1 Å². The molecule has 0 aliphatic carbocycles. The molecule has 1 aromatic rings. The van der Waals surface area contributed by atoms with Crippen LogP contribution in [0.25, 0.3) is 0 Å². The third-order valence-corrected chi connectivity index (χ3v) is 3.20. The molecule has 8 heteroatoms. The zero-order valence-corrected chi connectivity index (χ0v) is 11.4. The summed E-state index contributed by atoms with van der Waals surface area (Å²) in [5, 5.41) is 11.1. The first-order chi connectivity index (χ1) is 9.82. The molecule has 0 amide bonds. The van der Waals surface area contributed by atoms with Crippen molar-refractivity contribution in [2.45, 2.75) is 12.3 Å². The van der Waals surface area contributed by atoms with Crippen molar-refractivity contribution >= 4 is 17.3 Å². The van der Waals surface area contributed by atoms with Crippen molar-refractivity contribution in [1.82, 2.24) is 0 Å². The highest BCUT2D eigenvalue weighted by Gasteiger charge is 2.48. The molecule has 21 heavy (non-hydrogen) atoms. The van der Waals surface area contributed by atoms with Gasteiger partial charge in [-0.05, 0) is 18.2 Å². The average Bonchev–Trinajstić information content (AvgIpc) is 2.67. The topological polar surface area (TPSA) is 49.2 Å². The predicted molar refractivity (Wildman–Crippen MR) is 70.3 cm³/mol. The summed E-state index contributed by atoms with van der Waals surface area (Å²) >= 11 is 5.79. The molecule has 0 radical (unpaired) electrons. The summed E-state index contributed by atoms with van der Waals surface area (Å²) in [7, 11) is 0. The molecule has 114 valence electrons. The summed E-state index contributed by atoms with van der Waals surface area (Å²) in [6, 6.07) is 4.05. The Kier molecular flexibility index (Phi) is 4.53. The zero-order valence-electron chi connectivity index (χ0n) is 10.7. The van der Waals surface area contributed by atoms with Gasteiger partial charge in [0.2, 0.25) is 0 Å². The Bertz CT molecular complexity index is 602. The number of benzene rings is 1. The number of alkyl halides is 4. The van der Waals surface area contributed by atoms with Crippen LogP contribution in [0.2, 0.25) is 5.02 Å². The number of nitrogens with zero attached hydrogens (tertiary/aromatic N) is 1. The number of allylic oxidation sites excluding steroid dienone is 2. The van der Waals surface area contributed by atoms with Gasteiger partial charge in [0.15, 0.2) is 5.70 Å². The SMILES string of the molecule is Oc1ccc(Cl)cc1C1=NCC[NH2+]C(C(F)(F)C(F)F)=C1. The summed E-state index contributed by atoms with van der Waals surface area (Å²) in [6.07, 6.45) is -2.95. The fraction of sp³-hybridized carbons (Fsp3) is 0.308. The maximum Gasteiger partial charge on any atom is 0.379 e. The smallest absolute Gasteiger partial charge is 0.379 e. The number of aliphatic imine (C=N–C) groups is 1. The van der Waals surface area contributed by atoms with Gasteiger partial charge in [-0.3, -0.25) is 4.99 Å². The molecule has 0 saturated heterocycles. The first-order valence-corrected chi connectivity index (χ1v) is 6.45. The molecule has 3 nitrogen and oxygen atoms in total. The summed E-state index contributed by atoms with van der Waals surface area (Å²) in [5.74, 6) is -4.48. The van der Waals surface area contributed by atoms with E-state index in [1.165, 1.54) is 18.2 Å². The summed E-state index contributed by atoms with van der Waals surface area (Å²) in [6.45, 7) is 0.263. The second kappa shape index (κ2) is 6.03. The van der Waals surface area contributed by atoms with E-state index in [2.05, 4.69) is 4.99 Å². The summed E-state index contributed by atoms with van der Waals surface area (Å²) in [4.78, 5) is 4.03. The molecule has 0 aromatic heterocycles. The molecule has 0 bridgehead atoms. The number of halogens is 5. The van der Waals surface area contributed by atoms with Crippen molar-refractivity contribution < 1.29 is 28.0 Å². The minimum atomic E-state index is -4.26. The Labute approximate surface area is 122 Å². The number of rotatable bonds is 3. The van der Waals surface area contributed by atoms with Crippen LogP contribution in [-0.4, -0.2) is 36.3 Å². The number of hydrogen-bond donors (Lipinski definition) is 2. The Morgan fingerprint density at radius 1 is 1.33 bits per heavy atom. The van der Waals surface area contributed by atoms with Crippen LogP contribution in [-0.2, 0) is 0 Å². The fourth-order valence-electron chi connectivity index (χ4n) is 1.89. The lowest BCUT2D eigenvalue weighted by atomic mass is 10.1. The highest BCUT2D eigenvalue weighted by atomic mass is 35.5. The van der Waals surface area contributed by atoms with E-state index in [9.17, 15) is 22.7 Å². The molecule has 0 saturated carbocycles. The number of nitrogens with two attached hydrogens (primary N) is 1. The molecule has 0 fully saturated rings. The predicted octanol–water partition coefficient (Wildman–Crippen LogP) is 2.20. The van der Waals surface area contributed by atoms with Crippen LogP contribution in [0.4, 0.5) is 17.6 Å². The van der Waals surface area contributed by atoms with Crippen molar-refractivity contribution in [1.29, 1.82) is 0 Å². The lowest BCUT2D eigenvalue weighted by Crippen LogP contribution is -2.86. The molecular weight excluding hydrogens is 312 g/mol. The van der Waals surface area contributed by atoms with Crippen LogP contribution < -0.4 is 5.32 Å². The quantitative estimate of drug-likeness (QED) is 0.823. The molecule has 3 N–H and O–H groups in total. The van der Waals surface area contributed by atoms with Gasteiger partial charge < -0.3 is 10.4 Å². The lowest BCUT2D eigenvalue weighted by molar-refractivity contribution is -0.619. The Morgan fingerprint density at radius 2 is 2.05 bits per heavy atom. The standard InChI is InChI=1S/C13H11ClF4N2O/c14-7-1-2-10(21)8(5-7)9-6-11(20-4-3-19-9)13(17,18)12(15)16/h1-2,5-6,12,20-21H,3-4H2/p+1. The van der Waals surface area contributed by atoms with Crippen molar-refractivity contribution in [2.24, 2.45) is 4.99 Å². The van der Waals surface area contributed by atoms with Gasteiger partial charge in [0.25, 0.3) is 0 Å². The second-order valence-corrected chi connectivity index (χ2v) is 4.88. The van der Waals surface area contributed by atoms with Crippen LogP contribution in [0.3, 0.4) is 0 Å². The molecule has 1 aliphatic heterocycles. The maximum absolute atomic E-state index is 13.5. The van der Waals surface area contributed by atoms with E-state index in [1.807, 2.05) is 0 Å². The van der Waals surface area contributed by atoms with Crippen molar-refractivity contribution in [3.8, 4) is 5.75 Å². The van der Waals surface area contributed by atoms with E-state index < -0.39 is 18.0 Å². The van der Waals surface area contributed by atoms with E-state index in [0.29, 0.717) is 0 Å². The largest absolute Gasteiger partial charge is 0.507 e. The molecule has 1 aromatic carbocycles. The second-order valence-electron chi connectivity index (χ2n) is 4.44. The van der Waals surface area contributed by atoms with Gasteiger partial charge >= 0.3 is 12.3 Å². The van der Waals surface area contributed by atoms with Crippen LogP contribution >= 0.6 is 11.6 Å². The highest BCUT2D eigenvalue weighted by Crippen LogP contribution is 2.29. The zero-order chi connectivity index (χ0) is 15.6. The van der Waals surface area contributed by atoms with E-state index in [1.54, 1.807) is 0 Å². The van der Waals surface area contributed by atoms with Gasteiger partial charge in [0.1, 0.15) is 5.75 Å². The maximum atomic E-state index is 13.5. The minimum absolute atomic E-state index is 0.000856. The average molecular weight is 324 g/mol. The number of hydrogen-bond acceptors (Lipinski definition) is 2. The van der Waals surface area contributed by atoms with Crippen LogP contribution in [0, 0.1) is 0 Å². The number of phenolic OH excluding ortho intramolecular Hbond substituents is 1. The lowest BCUT2D eigenvalue weighted by Gasteiger charge is -2.15. The van der Waals surface area contributed by atoms with E-state index >= 15 is 0 Å². The molecule has 1 heterocycles. The monoisotopic (exact) mass is 323 g/mol. The number of quaternary nitrogens is 1. The third-order valence-electron chi connectivity index (χ3n) is 2.96. The van der Waals surface area contributed by atoms with Gasteiger partial charge in [-0.2, -0.15) is 8.78 Å². The van der Waals surface area contributed by atoms with Crippen molar-refractivity contribution in [3.63, 3.8) is 0 Å². The van der Waals surface area contributed by atoms with E-state index in [0.717, 1.165) is 11.4 Å². The highest BCUT2D eigenvalue weighted by molar-refractivity contribution is 6.31. The normalized spacial score (nSPS) is 16.5. The van der Waals surface area contributed by atoms with Gasteiger partial charge in [-0.15, -0.1) is 0 Å². The molecule has 2 rings (SSSR count). The van der Waals surface area contributed by atoms with Gasteiger partial charge in [0, 0.05) is 16.7 Å². The molecule has 0 unspecified atom stereocenters. The first-order valence-electron chi connectivity index (χ1n) is 6.07. The third kappa shape index (κ3) is 3.36. The molecule has 1 aliphatic rings. The number of aromatic hydroxyl groups is 1. The fourth-order valence-corrected chi connectivity index (χ4v) is 2.06. The summed E-state index contributed by atoms with van der Waals surface area (Å²) in [5.41, 5.74) is -0.687. The molecule has 0 spiro atoms. The van der Waals surface area contributed by atoms with Crippen molar-refractivity contribution in [2.75, 3.05) is 13.1 Å². The van der Waals surface area contributed by atoms with Crippen LogP contribution in [0.15, 0.2) is 35.0 Å². The van der Waals surface area contributed by atoms with E-state index in [4.69, 9.17) is 11.6 Å². The Morgan fingerprint density at radius 3 is 2.71 bits per heavy atom. The molecular formula is C13H12ClF4N2O+. The summed E-state index contributed by atoms with van der Waals surface area (Å²) < 4.78 is 51.9. The minimum Gasteiger partial charge on any atom is -0.507 e. The molecule has 0 atom stereocenters. The van der Waals surface area contributed by atoms with Crippen LogP contribution in [0.5, 0.6) is 5.75 Å².